The number of carbonyl (C=O) groups is 3. The third kappa shape index (κ3) is 47.3. The molecule has 0 N–H and O–H groups in total. The number of esters is 3. The summed E-state index contributed by atoms with van der Waals surface area (Å²) >= 11 is 0. The highest BCUT2D eigenvalue weighted by Gasteiger charge is 2.19. The summed E-state index contributed by atoms with van der Waals surface area (Å²) in [6.07, 6.45) is 49.6. The maximum Gasteiger partial charge on any atom is 0.306 e. The summed E-state index contributed by atoms with van der Waals surface area (Å²) in [4.78, 5) is 37.8. The third-order valence-electron chi connectivity index (χ3n) is 12.0. The Bertz CT molecular complexity index is 887. The summed E-state index contributed by atoms with van der Waals surface area (Å²) in [7, 11) is 0. The molecule has 0 unspecified atom stereocenters. The second-order valence-corrected chi connectivity index (χ2v) is 18.6. The lowest BCUT2D eigenvalue weighted by Crippen LogP contribution is -2.30. The number of ether oxygens (including phenoxy) is 3. The molecular formula is C53H102O6. The lowest BCUT2D eigenvalue weighted by Gasteiger charge is -2.18. The summed E-state index contributed by atoms with van der Waals surface area (Å²) in [5.74, 6) is 0.00295. The zero-order chi connectivity index (χ0) is 43.1. The summed E-state index contributed by atoms with van der Waals surface area (Å²) in [5, 5.41) is 0. The van der Waals surface area contributed by atoms with E-state index in [0.717, 1.165) is 63.7 Å². The lowest BCUT2D eigenvalue weighted by molar-refractivity contribution is -0.167. The Hall–Kier alpha value is -1.59. The first-order valence-electron chi connectivity index (χ1n) is 26.4. The van der Waals surface area contributed by atoms with Crippen molar-refractivity contribution < 1.29 is 28.6 Å². The van der Waals surface area contributed by atoms with Crippen molar-refractivity contribution in [1.29, 1.82) is 0 Å². The number of rotatable bonds is 48. The van der Waals surface area contributed by atoms with Crippen LogP contribution in [0.1, 0.15) is 297 Å². The molecule has 0 aromatic heterocycles. The van der Waals surface area contributed by atoms with E-state index in [1.54, 1.807) is 0 Å². The molecule has 0 aliphatic rings. The van der Waals surface area contributed by atoms with E-state index >= 15 is 0 Å². The average molecular weight is 835 g/mol. The van der Waals surface area contributed by atoms with Crippen molar-refractivity contribution in [1.82, 2.24) is 0 Å². The summed E-state index contributed by atoms with van der Waals surface area (Å²) < 4.78 is 16.7. The molecule has 6 heteroatoms. The zero-order valence-corrected chi connectivity index (χ0v) is 40.2. The van der Waals surface area contributed by atoms with E-state index in [1.165, 1.54) is 193 Å². The van der Waals surface area contributed by atoms with Crippen LogP contribution < -0.4 is 0 Å². The quantitative estimate of drug-likeness (QED) is 0.0345. The molecule has 0 aromatic rings. The molecule has 0 saturated carbocycles. The van der Waals surface area contributed by atoms with Gasteiger partial charge in [-0.1, -0.05) is 259 Å². The Morgan fingerprint density at radius 2 is 0.559 bits per heavy atom. The van der Waals surface area contributed by atoms with Crippen LogP contribution in [0, 0.1) is 5.92 Å². The van der Waals surface area contributed by atoms with Gasteiger partial charge in [-0.15, -0.1) is 0 Å². The van der Waals surface area contributed by atoms with Crippen molar-refractivity contribution in [2.75, 3.05) is 13.2 Å². The molecule has 0 radical (unpaired) electrons. The van der Waals surface area contributed by atoms with Crippen molar-refractivity contribution >= 4 is 17.9 Å². The summed E-state index contributed by atoms with van der Waals surface area (Å²) in [5.41, 5.74) is 0. The van der Waals surface area contributed by atoms with E-state index < -0.39 is 6.10 Å². The molecule has 0 fully saturated rings. The molecule has 0 spiro atoms. The summed E-state index contributed by atoms with van der Waals surface area (Å²) in [6.45, 7) is 9.01. The van der Waals surface area contributed by atoms with Gasteiger partial charge in [-0.25, -0.2) is 0 Å². The molecule has 6 nitrogen and oxygen atoms in total. The van der Waals surface area contributed by atoms with E-state index in [0.29, 0.717) is 19.3 Å². The molecule has 59 heavy (non-hydrogen) atoms. The van der Waals surface area contributed by atoms with Crippen LogP contribution in [0.15, 0.2) is 0 Å². The smallest absolute Gasteiger partial charge is 0.306 e. The van der Waals surface area contributed by atoms with Gasteiger partial charge in [0, 0.05) is 19.3 Å². The predicted octanol–water partition coefficient (Wildman–Crippen LogP) is 17.1. The standard InChI is InChI=1S/C53H102O6/c1-5-7-9-11-13-14-15-16-19-23-26-29-33-36-40-44-51(54)57-47-50(59-53(56)46-42-38-31-12-10-8-6-2)48-58-52(55)45-41-37-34-30-27-24-21-18-17-20-22-25-28-32-35-39-43-49(3)4/h49-50H,5-48H2,1-4H3/t50-/m0/s1. The molecule has 0 aliphatic carbocycles. The Labute approximate surface area is 368 Å². The average Bonchev–Trinajstić information content (AvgIpc) is 3.22. The van der Waals surface area contributed by atoms with Gasteiger partial charge in [-0.05, 0) is 25.2 Å². The molecule has 0 rings (SSSR count). The minimum Gasteiger partial charge on any atom is -0.462 e. The fourth-order valence-corrected chi connectivity index (χ4v) is 8.04. The number of carbonyl (C=O) groups excluding carboxylic acids is 3. The van der Waals surface area contributed by atoms with Gasteiger partial charge < -0.3 is 14.2 Å². The van der Waals surface area contributed by atoms with E-state index in [4.69, 9.17) is 14.2 Å². The summed E-state index contributed by atoms with van der Waals surface area (Å²) in [6, 6.07) is 0. The number of hydrogen-bond acceptors (Lipinski definition) is 6. The van der Waals surface area contributed by atoms with Crippen molar-refractivity contribution in [3.63, 3.8) is 0 Å². The van der Waals surface area contributed by atoms with Crippen molar-refractivity contribution in [2.24, 2.45) is 5.92 Å². The lowest BCUT2D eigenvalue weighted by atomic mass is 10.0. The van der Waals surface area contributed by atoms with Crippen LogP contribution in [-0.2, 0) is 28.6 Å². The van der Waals surface area contributed by atoms with Gasteiger partial charge in [0.15, 0.2) is 6.10 Å². The van der Waals surface area contributed by atoms with Gasteiger partial charge in [-0.3, -0.25) is 14.4 Å². The monoisotopic (exact) mass is 835 g/mol. The molecule has 1 atom stereocenters. The van der Waals surface area contributed by atoms with Gasteiger partial charge in [-0.2, -0.15) is 0 Å². The van der Waals surface area contributed by atoms with Crippen molar-refractivity contribution in [3.8, 4) is 0 Å². The fourth-order valence-electron chi connectivity index (χ4n) is 8.04. The highest BCUT2D eigenvalue weighted by Crippen LogP contribution is 2.17. The van der Waals surface area contributed by atoms with E-state index in [2.05, 4.69) is 27.7 Å². The maximum atomic E-state index is 12.7. The third-order valence-corrected chi connectivity index (χ3v) is 12.0. The van der Waals surface area contributed by atoms with E-state index in [1.807, 2.05) is 0 Å². The van der Waals surface area contributed by atoms with Crippen molar-refractivity contribution in [2.45, 2.75) is 303 Å². The molecule has 0 bridgehead atoms. The molecule has 0 heterocycles. The Morgan fingerprint density at radius 3 is 0.831 bits per heavy atom. The maximum absolute atomic E-state index is 12.7. The Morgan fingerprint density at radius 1 is 0.322 bits per heavy atom. The van der Waals surface area contributed by atoms with E-state index in [9.17, 15) is 14.4 Å². The molecule has 0 saturated heterocycles. The second kappa shape index (κ2) is 47.5. The van der Waals surface area contributed by atoms with Crippen LogP contribution in [0.25, 0.3) is 0 Å². The van der Waals surface area contributed by atoms with Gasteiger partial charge in [0.05, 0.1) is 0 Å². The number of hydrogen-bond donors (Lipinski definition) is 0. The van der Waals surface area contributed by atoms with Gasteiger partial charge in [0.2, 0.25) is 0 Å². The van der Waals surface area contributed by atoms with Crippen LogP contribution >= 0.6 is 0 Å². The molecule has 0 amide bonds. The molecule has 0 aromatic carbocycles. The van der Waals surface area contributed by atoms with Crippen LogP contribution in [0.2, 0.25) is 0 Å². The second-order valence-electron chi connectivity index (χ2n) is 18.6. The largest absolute Gasteiger partial charge is 0.462 e. The van der Waals surface area contributed by atoms with Gasteiger partial charge >= 0.3 is 17.9 Å². The normalized spacial score (nSPS) is 11.9. The van der Waals surface area contributed by atoms with E-state index in [-0.39, 0.29) is 31.1 Å². The first-order chi connectivity index (χ1) is 28.9. The SMILES string of the molecule is CCCCCCCCCCCCCCCCCC(=O)OC[C@@H](COC(=O)CCCCCCCCCCCCCCCCCCC(C)C)OC(=O)CCCCCCCCC. The van der Waals surface area contributed by atoms with Crippen LogP contribution in [0.3, 0.4) is 0 Å². The molecular weight excluding hydrogens is 733 g/mol. The van der Waals surface area contributed by atoms with Gasteiger partial charge in [0.25, 0.3) is 0 Å². The molecule has 0 aliphatic heterocycles. The zero-order valence-electron chi connectivity index (χ0n) is 40.2. The van der Waals surface area contributed by atoms with Crippen LogP contribution in [0.5, 0.6) is 0 Å². The first kappa shape index (κ1) is 57.4. The Balaban J connectivity index is 4.13. The number of unbranched alkanes of at least 4 members (excludes halogenated alkanes) is 35. The molecule has 350 valence electrons. The minimum atomic E-state index is -0.759. The first-order valence-corrected chi connectivity index (χ1v) is 26.4. The highest BCUT2D eigenvalue weighted by atomic mass is 16.6. The van der Waals surface area contributed by atoms with Crippen LogP contribution in [0.4, 0.5) is 0 Å². The fraction of sp³-hybridized carbons (Fsp3) is 0.943. The van der Waals surface area contributed by atoms with Crippen LogP contribution in [-0.4, -0.2) is 37.2 Å². The topological polar surface area (TPSA) is 78.9 Å². The Kier molecular flexibility index (Phi) is 46.2. The van der Waals surface area contributed by atoms with Crippen molar-refractivity contribution in [3.05, 3.63) is 0 Å². The predicted molar refractivity (Wildman–Crippen MR) is 252 cm³/mol. The highest BCUT2D eigenvalue weighted by molar-refractivity contribution is 5.71. The van der Waals surface area contributed by atoms with Gasteiger partial charge in [0.1, 0.15) is 13.2 Å². The minimum absolute atomic E-state index is 0.0632.